The molecule has 1 aromatic carbocycles. The Balaban J connectivity index is 2.10. The van der Waals surface area contributed by atoms with Gasteiger partial charge in [-0.3, -0.25) is 14.9 Å². The van der Waals surface area contributed by atoms with Gasteiger partial charge in [0, 0.05) is 30.8 Å². The first-order valence-corrected chi connectivity index (χ1v) is 4.80. The molecule has 0 saturated carbocycles. The van der Waals surface area contributed by atoms with Crippen LogP contribution in [0.1, 0.15) is 10.4 Å². The van der Waals surface area contributed by atoms with Gasteiger partial charge >= 0.3 is 0 Å². The first-order valence-electron chi connectivity index (χ1n) is 4.80. The van der Waals surface area contributed by atoms with E-state index in [1.165, 1.54) is 29.2 Å². The maximum Gasteiger partial charge on any atom is 0.269 e. The van der Waals surface area contributed by atoms with Crippen LogP contribution in [0, 0.1) is 10.1 Å². The van der Waals surface area contributed by atoms with Gasteiger partial charge < -0.3 is 10.0 Å². The van der Waals surface area contributed by atoms with E-state index in [0.29, 0.717) is 18.7 Å². The third kappa shape index (κ3) is 1.87. The molecule has 0 aliphatic carbocycles. The minimum absolute atomic E-state index is 0.0415. The van der Waals surface area contributed by atoms with Crippen molar-refractivity contribution in [2.45, 2.75) is 6.10 Å². The summed E-state index contributed by atoms with van der Waals surface area (Å²) in [5.41, 5.74) is 0.359. The summed E-state index contributed by atoms with van der Waals surface area (Å²) in [6.07, 6.45) is -0.443. The van der Waals surface area contributed by atoms with E-state index in [1.54, 1.807) is 0 Å². The zero-order valence-corrected chi connectivity index (χ0v) is 8.37. The number of carbonyl (C=O) groups excluding carboxylic acids is 1. The first kappa shape index (κ1) is 10.6. The Morgan fingerprint density at radius 3 is 2.38 bits per heavy atom. The van der Waals surface area contributed by atoms with Crippen LogP contribution in [-0.4, -0.2) is 40.0 Å². The van der Waals surface area contributed by atoms with E-state index < -0.39 is 11.0 Å². The highest BCUT2D eigenvalue weighted by Crippen LogP contribution is 2.16. The molecule has 1 fully saturated rings. The van der Waals surface area contributed by atoms with Gasteiger partial charge in [0.1, 0.15) is 0 Å². The average Bonchev–Trinajstić information content (AvgIpc) is 2.24. The minimum atomic E-state index is -0.512. The molecule has 0 atom stereocenters. The van der Waals surface area contributed by atoms with Crippen LogP contribution in [0.15, 0.2) is 24.3 Å². The molecule has 1 aromatic rings. The van der Waals surface area contributed by atoms with E-state index in [0.717, 1.165) is 0 Å². The minimum Gasteiger partial charge on any atom is -0.389 e. The standard InChI is InChI=1S/C10H10N2O4/c13-9-5-11(6-9)10(14)7-1-3-8(4-2-7)12(15)16/h1-4,9,13H,5-6H2. The lowest BCUT2D eigenvalue weighted by atomic mass is 10.1. The van der Waals surface area contributed by atoms with E-state index in [4.69, 9.17) is 5.11 Å². The fraction of sp³-hybridized carbons (Fsp3) is 0.300. The average molecular weight is 222 g/mol. The quantitative estimate of drug-likeness (QED) is 0.580. The summed E-state index contributed by atoms with van der Waals surface area (Å²) >= 11 is 0. The molecule has 1 aliphatic heterocycles. The van der Waals surface area contributed by atoms with Gasteiger partial charge in [-0.2, -0.15) is 0 Å². The number of hydrogen-bond donors (Lipinski definition) is 1. The third-order valence-corrected chi connectivity index (χ3v) is 2.47. The summed E-state index contributed by atoms with van der Waals surface area (Å²) in [7, 11) is 0. The predicted molar refractivity (Wildman–Crippen MR) is 55.0 cm³/mol. The summed E-state index contributed by atoms with van der Waals surface area (Å²) in [4.78, 5) is 23.1. The largest absolute Gasteiger partial charge is 0.389 e. The van der Waals surface area contributed by atoms with E-state index in [-0.39, 0.29) is 11.6 Å². The Bertz CT molecular complexity index is 423. The topological polar surface area (TPSA) is 83.7 Å². The van der Waals surface area contributed by atoms with Crippen molar-refractivity contribution in [3.05, 3.63) is 39.9 Å². The van der Waals surface area contributed by atoms with E-state index in [1.807, 2.05) is 0 Å². The normalized spacial score (nSPS) is 15.7. The Morgan fingerprint density at radius 1 is 1.38 bits per heavy atom. The molecular formula is C10H10N2O4. The molecule has 1 saturated heterocycles. The van der Waals surface area contributed by atoms with Crippen LogP contribution in [0.25, 0.3) is 0 Å². The zero-order chi connectivity index (χ0) is 11.7. The number of aliphatic hydroxyl groups excluding tert-OH is 1. The first-order chi connectivity index (χ1) is 7.58. The van der Waals surface area contributed by atoms with Crippen LogP contribution in [0.3, 0.4) is 0 Å². The maximum atomic E-state index is 11.7. The second kappa shape index (κ2) is 3.90. The molecule has 1 heterocycles. The number of nitro groups is 1. The molecule has 0 bridgehead atoms. The zero-order valence-electron chi connectivity index (χ0n) is 8.37. The van der Waals surface area contributed by atoms with Gasteiger partial charge in [0.15, 0.2) is 0 Å². The van der Waals surface area contributed by atoms with Crippen molar-refractivity contribution in [1.82, 2.24) is 4.90 Å². The van der Waals surface area contributed by atoms with Crippen molar-refractivity contribution in [3.63, 3.8) is 0 Å². The Hall–Kier alpha value is -1.95. The highest BCUT2D eigenvalue weighted by atomic mass is 16.6. The lowest BCUT2D eigenvalue weighted by Crippen LogP contribution is -2.53. The van der Waals surface area contributed by atoms with Crippen LogP contribution >= 0.6 is 0 Å². The molecule has 2 rings (SSSR count). The fourth-order valence-electron chi connectivity index (χ4n) is 1.53. The molecule has 16 heavy (non-hydrogen) atoms. The van der Waals surface area contributed by atoms with Crippen LogP contribution in [0.2, 0.25) is 0 Å². The fourth-order valence-corrected chi connectivity index (χ4v) is 1.53. The Kier molecular flexibility index (Phi) is 2.57. The Labute approximate surface area is 91.3 Å². The molecule has 1 amide bonds. The summed E-state index contributed by atoms with van der Waals surface area (Å²) in [5, 5.41) is 19.5. The number of rotatable bonds is 2. The van der Waals surface area contributed by atoms with Crippen molar-refractivity contribution in [2.75, 3.05) is 13.1 Å². The number of carbonyl (C=O) groups is 1. The van der Waals surface area contributed by atoms with E-state index in [9.17, 15) is 14.9 Å². The van der Waals surface area contributed by atoms with Crippen molar-refractivity contribution in [1.29, 1.82) is 0 Å². The smallest absolute Gasteiger partial charge is 0.269 e. The second-order valence-corrected chi connectivity index (χ2v) is 3.67. The lowest BCUT2D eigenvalue weighted by molar-refractivity contribution is -0.384. The number of β-amino-alcohol motifs (C(OH)–C–C–N with tert-alkyl or cyclic N) is 1. The predicted octanol–water partition coefficient (Wildman–Crippen LogP) is 0.411. The number of hydrogen-bond acceptors (Lipinski definition) is 4. The summed E-state index contributed by atoms with van der Waals surface area (Å²) in [6.45, 7) is 0.658. The van der Waals surface area contributed by atoms with Gasteiger partial charge in [-0.05, 0) is 12.1 Å². The molecule has 6 heteroatoms. The summed E-state index contributed by atoms with van der Waals surface area (Å²) in [6, 6.07) is 5.43. The molecule has 0 radical (unpaired) electrons. The lowest BCUT2D eigenvalue weighted by Gasteiger charge is -2.35. The monoisotopic (exact) mass is 222 g/mol. The van der Waals surface area contributed by atoms with Gasteiger partial charge in [-0.1, -0.05) is 0 Å². The van der Waals surface area contributed by atoms with Crippen LogP contribution in [-0.2, 0) is 0 Å². The molecule has 0 unspecified atom stereocenters. The van der Waals surface area contributed by atoms with Gasteiger partial charge in [0.05, 0.1) is 11.0 Å². The molecule has 6 nitrogen and oxygen atoms in total. The molecular weight excluding hydrogens is 212 g/mol. The Morgan fingerprint density at radius 2 is 1.94 bits per heavy atom. The molecule has 0 spiro atoms. The maximum absolute atomic E-state index is 11.7. The van der Waals surface area contributed by atoms with Crippen LogP contribution < -0.4 is 0 Å². The number of nitrogens with zero attached hydrogens (tertiary/aromatic N) is 2. The number of nitro benzene ring substituents is 1. The van der Waals surface area contributed by atoms with Crippen LogP contribution in [0.4, 0.5) is 5.69 Å². The molecule has 84 valence electrons. The molecule has 1 N–H and O–H groups in total. The number of aliphatic hydroxyl groups is 1. The summed E-state index contributed by atoms with van der Waals surface area (Å²) in [5.74, 6) is -0.208. The second-order valence-electron chi connectivity index (χ2n) is 3.67. The number of non-ortho nitro benzene ring substituents is 1. The van der Waals surface area contributed by atoms with Gasteiger partial charge in [-0.25, -0.2) is 0 Å². The highest BCUT2D eigenvalue weighted by Gasteiger charge is 2.29. The number of amides is 1. The summed E-state index contributed by atoms with van der Waals surface area (Å²) < 4.78 is 0. The van der Waals surface area contributed by atoms with Crippen molar-refractivity contribution in [3.8, 4) is 0 Å². The van der Waals surface area contributed by atoms with Crippen LogP contribution in [0.5, 0.6) is 0 Å². The van der Waals surface area contributed by atoms with E-state index >= 15 is 0 Å². The van der Waals surface area contributed by atoms with Gasteiger partial charge in [0.25, 0.3) is 11.6 Å². The SMILES string of the molecule is O=C(c1ccc([N+](=O)[O-])cc1)N1CC(O)C1. The van der Waals surface area contributed by atoms with E-state index in [2.05, 4.69) is 0 Å². The highest BCUT2D eigenvalue weighted by molar-refractivity contribution is 5.95. The van der Waals surface area contributed by atoms with Gasteiger partial charge in [0.2, 0.25) is 0 Å². The number of likely N-dealkylation sites (tertiary alicyclic amines) is 1. The number of benzene rings is 1. The van der Waals surface area contributed by atoms with Crippen molar-refractivity contribution >= 4 is 11.6 Å². The molecule has 0 aromatic heterocycles. The third-order valence-electron chi connectivity index (χ3n) is 2.47. The van der Waals surface area contributed by atoms with Crippen molar-refractivity contribution < 1.29 is 14.8 Å². The molecule has 1 aliphatic rings. The van der Waals surface area contributed by atoms with Gasteiger partial charge in [-0.15, -0.1) is 0 Å². The van der Waals surface area contributed by atoms with Crippen molar-refractivity contribution in [2.24, 2.45) is 0 Å².